The molecule has 3 saturated heterocycles. The summed E-state index contributed by atoms with van der Waals surface area (Å²) in [6.45, 7) is 22.6. The molecule has 9 heteroatoms. The third kappa shape index (κ3) is 16.4. The molecule has 0 bridgehead atoms. The zero-order valence-electron chi connectivity index (χ0n) is 44.6. The maximum Gasteiger partial charge on any atom is 0.309 e. The third-order valence-electron chi connectivity index (χ3n) is 15.1. The number of hydrogen-bond acceptors (Lipinski definition) is 8. The third-order valence-corrected chi connectivity index (χ3v) is 15.8. The van der Waals surface area contributed by atoms with E-state index in [4.69, 9.17) is 14.2 Å². The first-order valence-corrected chi connectivity index (χ1v) is 26.8. The second-order valence-corrected chi connectivity index (χ2v) is 21.2. The van der Waals surface area contributed by atoms with E-state index in [0.29, 0.717) is 44.5 Å². The number of phenolic OH excluding ortho intramolecular Hbond substituents is 2. The van der Waals surface area contributed by atoms with Gasteiger partial charge in [0.2, 0.25) is 0 Å². The highest BCUT2D eigenvalue weighted by molar-refractivity contribution is 9.08. The number of hydrogen-bond donors (Lipinski definition) is 2. The first-order valence-electron chi connectivity index (χ1n) is 25.7. The summed E-state index contributed by atoms with van der Waals surface area (Å²) in [6, 6.07) is 37.1. The van der Waals surface area contributed by atoms with Crippen LogP contribution in [0, 0.1) is 81.1 Å². The Morgan fingerprint density at radius 3 is 1.19 bits per heavy atom. The van der Waals surface area contributed by atoms with Crippen LogP contribution >= 0.6 is 15.9 Å². The number of carbonyl (C=O) groups excluding carboxylic acids is 3. The lowest BCUT2D eigenvalue weighted by atomic mass is 9.83. The van der Waals surface area contributed by atoms with E-state index in [1.54, 1.807) is 6.07 Å². The van der Waals surface area contributed by atoms with Crippen molar-refractivity contribution in [2.45, 2.75) is 138 Å². The number of benzene rings is 6. The topological polar surface area (TPSA) is 119 Å². The van der Waals surface area contributed by atoms with E-state index < -0.39 is 0 Å². The zero-order chi connectivity index (χ0) is 52.9. The summed E-state index contributed by atoms with van der Waals surface area (Å²) >= 11 is 3.42. The predicted octanol–water partition coefficient (Wildman–Crippen LogP) is 15.0. The minimum atomic E-state index is -0.241. The molecule has 3 aliphatic rings. The average molecular weight is 1070 g/mol. The van der Waals surface area contributed by atoms with Gasteiger partial charge in [0.05, 0.1) is 31.7 Å². The van der Waals surface area contributed by atoms with Gasteiger partial charge in [-0.2, -0.15) is 0 Å². The van der Waals surface area contributed by atoms with Crippen LogP contribution in [0.2, 0.25) is 0 Å². The van der Waals surface area contributed by atoms with Crippen LogP contribution in [0.25, 0.3) is 0 Å². The number of halogens is 1. The molecule has 0 spiro atoms. The number of alkyl halides is 1. The molecule has 9 rings (SSSR count). The summed E-state index contributed by atoms with van der Waals surface area (Å²) in [5.74, 6) is -0.0218. The van der Waals surface area contributed by atoms with E-state index >= 15 is 0 Å². The van der Waals surface area contributed by atoms with Crippen LogP contribution in [0.15, 0.2) is 109 Å². The summed E-state index contributed by atoms with van der Waals surface area (Å²) < 4.78 is 16.0. The summed E-state index contributed by atoms with van der Waals surface area (Å²) in [7, 11) is 0. The highest BCUT2D eigenvalue weighted by Gasteiger charge is 2.33. The Balaban J connectivity index is 0.000000191. The van der Waals surface area contributed by atoms with Gasteiger partial charge < -0.3 is 24.4 Å². The Hall–Kier alpha value is -6.19. The van der Waals surface area contributed by atoms with Crippen LogP contribution < -0.4 is 0 Å². The monoisotopic (exact) mass is 1070 g/mol. The lowest BCUT2D eigenvalue weighted by Gasteiger charge is -2.29. The van der Waals surface area contributed by atoms with Gasteiger partial charge >= 0.3 is 17.9 Å². The largest absolute Gasteiger partial charge is 0.504 e. The molecule has 0 radical (unpaired) electrons. The van der Waals surface area contributed by atoms with Crippen LogP contribution in [-0.4, -0.2) is 47.9 Å². The van der Waals surface area contributed by atoms with E-state index in [1.165, 1.54) is 95.6 Å². The number of rotatable bonds is 8. The van der Waals surface area contributed by atoms with Gasteiger partial charge in [0.1, 0.15) is 0 Å². The molecule has 2 N–H and O–H groups in total. The normalized spacial score (nSPS) is 19.1. The van der Waals surface area contributed by atoms with E-state index in [-0.39, 0.29) is 54.6 Å². The van der Waals surface area contributed by atoms with Gasteiger partial charge in [0, 0.05) is 29.5 Å². The second-order valence-electron chi connectivity index (χ2n) is 20.7. The summed E-state index contributed by atoms with van der Waals surface area (Å²) in [6.07, 6.45) is 4.32. The molecule has 6 aromatic carbocycles. The maximum atomic E-state index is 12.2. The van der Waals surface area contributed by atoms with Crippen molar-refractivity contribution in [3.8, 4) is 11.5 Å². The van der Waals surface area contributed by atoms with Crippen molar-refractivity contribution in [1.29, 1.82) is 0 Å². The Morgan fingerprint density at radius 1 is 0.432 bits per heavy atom. The molecule has 6 aromatic rings. The van der Waals surface area contributed by atoms with Gasteiger partial charge in [-0.1, -0.05) is 120 Å². The van der Waals surface area contributed by atoms with Crippen molar-refractivity contribution in [3.05, 3.63) is 198 Å². The van der Waals surface area contributed by atoms with Crippen LogP contribution in [-0.2, 0) is 46.8 Å². The van der Waals surface area contributed by atoms with Crippen molar-refractivity contribution in [3.63, 3.8) is 0 Å². The Labute approximate surface area is 450 Å². The molecule has 0 aromatic heterocycles. The van der Waals surface area contributed by atoms with E-state index in [0.717, 1.165) is 36.6 Å². The van der Waals surface area contributed by atoms with Crippen molar-refractivity contribution in [2.75, 3.05) is 19.8 Å². The summed E-state index contributed by atoms with van der Waals surface area (Å²) in [4.78, 5) is 35.3. The predicted molar refractivity (Wildman–Crippen MR) is 303 cm³/mol. The molecule has 8 nitrogen and oxygen atoms in total. The number of cyclic esters (lactones) is 3. The number of ether oxygens (including phenoxy) is 3. The molecule has 0 saturated carbocycles. The fourth-order valence-electron chi connectivity index (χ4n) is 9.46. The lowest BCUT2D eigenvalue weighted by molar-refractivity contribution is -0.154. The fraction of sp³-hybridized carbons (Fsp3) is 0.400. The Bertz CT molecular complexity index is 2740. The average Bonchev–Trinajstić information content (AvgIpc) is 3.37. The van der Waals surface area contributed by atoms with Crippen molar-refractivity contribution < 1.29 is 38.8 Å². The first kappa shape index (κ1) is 58.7. The number of esters is 3. The molecule has 3 fully saturated rings. The number of carbonyl (C=O) groups is 3. The van der Waals surface area contributed by atoms with Crippen LogP contribution in [0.1, 0.15) is 140 Å². The molecular weight excluding hydrogens is 989 g/mol. The van der Waals surface area contributed by atoms with E-state index in [2.05, 4.69) is 176 Å². The van der Waals surface area contributed by atoms with Gasteiger partial charge in [-0.05, 0) is 202 Å². The minimum Gasteiger partial charge on any atom is -0.504 e. The fourth-order valence-corrected chi connectivity index (χ4v) is 9.81. The van der Waals surface area contributed by atoms with Crippen molar-refractivity contribution in [2.24, 2.45) is 11.8 Å². The standard InChI is InChI=1S/C22H26O2.C20H22O4.C13H16O2.C9H11Br.CH4/c1-14-5-7-18(9-16(14)3)11-20-12-21(13-24-22(20)23)19-8-6-15(2)17(4)10-19;1-12-3-5-15(7-13(12)2)17-10-16(20(23)24-11-17)8-14-4-6-18(21)19(22)9-14;1-9-3-4-11(7-10(9)2)12-5-6-13(14)15-8-12;1-7-3-4-9(6-10)5-8(7)2;/h5-10,20-21H,11-13H2,1-4H3;3-7,9,16-17,21-22H,8,10-11H2,1-2H3;3-4,7,12H,5-6,8H2,1-2H3;3-5H,6H2,1-2H3;1H4/t20?,21-;16?,17-;12-;;/m111../s1. The van der Waals surface area contributed by atoms with Gasteiger partial charge in [0.15, 0.2) is 11.5 Å². The maximum absolute atomic E-state index is 12.2. The molecule has 2 unspecified atom stereocenters. The summed E-state index contributed by atoms with van der Waals surface area (Å²) in [5, 5.41) is 20.0. The molecule has 5 atom stereocenters. The van der Waals surface area contributed by atoms with E-state index in [9.17, 15) is 24.6 Å². The summed E-state index contributed by atoms with van der Waals surface area (Å²) in [5.41, 5.74) is 20.2. The Kier molecular flexibility index (Phi) is 21.7. The molecule has 3 aliphatic heterocycles. The molecule has 394 valence electrons. The minimum absolute atomic E-state index is 0. The number of aromatic hydroxyl groups is 2. The van der Waals surface area contributed by atoms with Gasteiger partial charge in [0.25, 0.3) is 0 Å². The van der Waals surface area contributed by atoms with Crippen LogP contribution in [0.4, 0.5) is 0 Å². The van der Waals surface area contributed by atoms with Gasteiger partial charge in [-0.3, -0.25) is 14.4 Å². The van der Waals surface area contributed by atoms with Crippen LogP contribution in [0.3, 0.4) is 0 Å². The molecule has 3 heterocycles. The van der Waals surface area contributed by atoms with Crippen LogP contribution in [0.5, 0.6) is 11.5 Å². The number of phenols is 2. The quantitative estimate of drug-likeness (QED) is 0.0669. The first-order chi connectivity index (χ1) is 34.8. The Morgan fingerprint density at radius 2 is 0.797 bits per heavy atom. The second kappa shape index (κ2) is 27.4. The molecular formula is C65H79BrO8. The van der Waals surface area contributed by atoms with Crippen molar-refractivity contribution >= 4 is 33.8 Å². The zero-order valence-corrected chi connectivity index (χ0v) is 46.2. The molecule has 0 amide bonds. The number of aryl methyl sites for hydroxylation is 10. The SMILES string of the molecule is C.Cc1ccc(CBr)cc1C.Cc1ccc(CC2C[C@@H](c3ccc(C)c(C)c3)COC2=O)cc1C.Cc1ccc([C@@H]2CCC(=O)OC2)cc1C.Cc1ccc([C@H]2COC(=O)C(Cc3ccc(O)c(O)c3)C2)cc1C. The lowest BCUT2D eigenvalue weighted by Crippen LogP contribution is -2.31. The molecule has 74 heavy (non-hydrogen) atoms. The van der Waals surface area contributed by atoms with E-state index in [1.807, 2.05) is 0 Å². The van der Waals surface area contributed by atoms with Gasteiger partial charge in [-0.25, -0.2) is 0 Å². The highest BCUT2D eigenvalue weighted by atomic mass is 79.9. The molecule has 0 aliphatic carbocycles. The highest BCUT2D eigenvalue weighted by Crippen LogP contribution is 2.35. The van der Waals surface area contributed by atoms with Gasteiger partial charge in [-0.15, -0.1) is 0 Å². The van der Waals surface area contributed by atoms with Crippen molar-refractivity contribution in [1.82, 2.24) is 0 Å². The smallest absolute Gasteiger partial charge is 0.309 e.